The normalized spacial score (nSPS) is 12.1. The highest BCUT2D eigenvalue weighted by Crippen LogP contribution is 2.11. The molecule has 4 N–H and O–H groups in total. The average Bonchev–Trinajstić information content (AvgIpc) is 2.66. The molecule has 6 heteroatoms. The molecule has 82 valence electrons. The summed E-state index contributed by atoms with van der Waals surface area (Å²) in [5.74, 6) is -1.07. The van der Waals surface area contributed by atoms with Crippen LogP contribution in [0.15, 0.2) is 22.8 Å². The number of hydrogen-bond donors (Lipinski definition) is 2. The summed E-state index contributed by atoms with van der Waals surface area (Å²) in [6, 6.07) is 2.19. The Bertz CT molecular complexity index is 334. The second-order valence-electron chi connectivity index (χ2n) is 2.96. The molecule has 6 nitrogen and oxygen atoms in total. The van der Waals surface area contributed by atoms with Gasteiger partial charge in [-0.15, -0.1) is 0 Å². The average molecular weight is 212 g/mol. The Balaban J connectivity index is 2.36. The van der Waals surface area contributed by atoms with Gasteiger partial charge in [-0.2, -0.15) is 0 Å². The molecule has 0 saturated carbocycles. The van der Waals surface area contributed by atoms with Crippen LogP contribution in [0.5, 0.6) is 5.95 Å². The highest BCUT2D eigenvalue weighted by molar-refractivity contribution is 5.79. The van der Waals surface area contributed by atoms with Gasteiger partial charge < -0.3 is 20.6 Å². The van der Waals surface area contributed by atoms with E-state index in [2.05, 4.69) is 0 Å². The lowest BCUT2D eigenvalue weighted by atomic mass is 10.1. The molecule has 0 aliphatic heterocycles. The molecule has 15 heavy (non-hydrogen) atoms. The molecule has 0 spiro atoms. The molecule has 1 rings (SSSR count). The molecule has 0 radical (unpaired) electrons. The number of nitrogens with two attached hydrogens (primary N) is 2. The molecule has 1 amide bonds. The summed E-state index contributed by atoms with van der Waals surface area (Å²) in [5.41, 5.74) is 10.4. The number of amides is 1. The van der Waals surface area contributed by atoms with Crippen molar-refractivity contribution < 1.29 is 18.7 Å². The fourth-order valence-electron chi connectivity index (χ4n) is 0.912. The maximum absolute atomic E-state index is 11.3. The van der Waals surface area contributed by atoms with E-state index in [1.165, 1.54) is 12.3 Å². The molecule has 1 aromatic heterocycles. The third kappa shape index (κ3) is 3.82. The number of ether oxygens (including phenoxy) is 1. The molecule has 0 unspecified atom stereocenters. The van der Waals surface area contributed by atoms with Crippen LogP contribution in [0.4, 0.5) is 0 Å². The van der Waals surface area contributed by atoms with Gasteiger partial charge >= 0.3 is 5.97 Å². The minimum Gasteiger partial charge on any atom is -0.434 e. The van der Waals surface area contributed by atoms with E-state index >= 15 is 0 Å². The Morgan fingerprint density at radius 1 is 1.53 bits per heavy atom. The Labute approximate surface area is 86.2 Å². The first-order chi connectivity index (χ1) is 7.09. The zero-order chi connectivity index (χ0) is 11.3. The van der Waals surface area contributed by atoms with Crippen LogP contribution in [-0.4, -0.2) is 17.9 Å². The third-order valence-electron chi connectivity index (χ3n) is 1.70. The van der Waals surface area contributed by atoms with Gasteiger partial charge in [0.15, 0.2) is 0 Å². The lowest BCUT2D eigenvalue weighted by molar-refractivity contribution is -0.137. The molecule has 0 aromatic carbocycles. The van der Waals surface area contributed by atoms with E-state index < -0.39 is 17.9 Å². The van der Waals surface area contributed by atoms with Gasteiger partial charge in [0, 0.05) is 12.5 Å². The van der Waals surface area contributed by atoms with Crippen molar-refractivity contribution in [2.45, 2.75) is 18.9 Å². The van der Waals surface area contributed by atoms with E-state index in [-0.39, 0.29) is 18.8 Å². The number of hydrogen-bond acceptors (Lipinski definition) is 5. The first-order valence-electron chi connectivity index (χ1n) is 4.38. The van der Waals surface area contributed by atoms with Crippen LogP contribution in [-0.2, 0) is 9.59 Å². The number of carbonyl (C=O) groups excluding carboxylic acids is 2. The van der Waals surface area contributed by atoms with Gasteiger partial charge in [0.1, 0.15) is 6.04 Å². The minimum absolute atomic E-state index is 0.0500. The van der Waals surface area contributed by atoms with Crippen molar-refractivity contribution in [1.29, 1.82) is 0 Å². The molecule has 1 atom stereocenters. The van der Waals surface area contributed by atoms with Crippen LogP contribution >= 0.6 is 0 Å². The summed E-state index contributed by atoms with van der Waals surface area (Å²) in [4.78, 5) is 21.7. The van der Waals surface area contributed by atoms with Gasteiger partial charge in [0.05, 0.1) is 6.26 Å². The van der Waals surface area contributed by atoms with Gasteiger partial charge in [-0.05, 0) is 12.5 Å². The smallest absolute Gasteiger partial charge is 0.330 e. The summed E-state index contributed by atoms with van der Waals surface area (Å²) in [5, 5.41) is 0. The highest BCUT2D eigenvalue weighted by atomic mass is 16.6. The van der Waals surface area contributed by atoms with Crippen LogP contribution in [0, 0.1) is 0 Å². The summed E-state index contributed by atoms with van der Waals surface area (Å²) in [6.07, 6.45) is 1.58. The largest absolute Gasteiger partial charge is 0.434 e. The van der Waals surface area contributed by atoms with Crippen LogP contribution in [0.3, 0.4) is 0 Å². The minimum atomic E-state index is -0.873. The van der Waals surface area contributed by atoms with E-state index in [4.69, 9.17) is 20.6 Å². The molecular formula is C9H12N2O4. The number of primary amides is 1. The highest BCUT2D eigenvalue weighted by Gasteiger charge is 2.17. The monoisotopic (exact) mass is 212 g/mol. The third-order valence-corrected chi connectivity index (χ3v) is 1.70. The topological polar surface area (TPSA) is 109 Å². The van der Waals surface area contributed by atoms with Crippen LogP contribution in [0.1, 0.15) is 12.8 Å². The van der Waals surface area contributed by atoms with Crippen molar-refractivity contribution in [3.05, 3.63) is 18.4 Å². The number of furan rings is 1. The van der Waals surface area contributed by atoms with Gasteiger partial charge in [-0.1, -0.05) is 0 Å². The van der Waals surface area contributed by atoms with Crippen LogP contribution in [0.2, 0.25) is 0 Å². The second-order valence-corrected chi connectivity index (χ2v) is 2.96. The molecule has 1 heterocycles. The summed E-state index contributed by atoms with van der Waals surface area (Å²) >= 11 is 0. The standard InChI is InChI=1S/C9H12N2O4/c10-6(3-4-7(11)12)9(13)15-8-2-1-5-14-8/h1-2,5-6H,3-4,10H2,(H2,11,12)/t6-/m0/s1. The quantitative estimate of drug-likeness (QED) is 0.656. The Morgan fingerprint density at radius 3 is 2.80 bits per heavy atom. The molecule has 0 saturated heterocycles. The van der Waals surface area contributed by atoms with E-state index in [0.29, 0.717) is 0 Å². The molecule has 0 aliphatic carbocycles. The summed E-state index contributed by atoms with van der Waals surface area (Å²) in [7, 11) is 0. The molecule has 0 bridgehead atoms. The fourth-order valence-corrected chi connectivity index (χ4v) is 0.912. The fraction of sp³-hybridized carbons (Fsp3) is 0.333. The van der Waals surface area contributed by atoms with Crippen LogP contribution in [0.25, 0.3) is 0 Å². The molecular weight excluding hydrogens is 200 g/mol. The van der Waals surface area contributed by atoms with Crippen molar-refractivity contribution in [3.8, 4) is 5.95 Å². The Kier molecular flexibility index (Phi) is 3.87. The van der Waals surface area contributed by atoms with Gasteiger partial charge in [0.2, 0.25) is 5.91 Å². The first kappa shape index (κ1) is 11.3. The van der Waals surface area contributed by atoms with Crippen molar-refractivity contribution in [1.82, 2.24) is 0 Å². The van der Waals surface area contributed by atoms with E-state index in [0.717, 1.165) is 0 Å². The van der Waals surface area contributed by atoms with Gasteiger partial charge in [-0.3, -0.25) is 4.79 Å². The molecule has 1 aromatic rings. The Morgan fingerprint density at radius 2 is 2.27 bits per heavy atom. The Hall–Kier alpha value is -1.82. The summed E-state index contributed by atoms with van der Waals surface area (Å²) in [6.45, 7) is 0. The number of esters is 1. The number of rotatable bonds is 5. The lowest BCUT2D eigenvalue weighted by Crippen LogP contribution is -2.35. The zero-order valence-corrected chi connectivity index (χ0v) is 8.01. The SMILES string of the molecule is NC(=O)CC[C@H](N)C(=O)Oc1ccco1. The predicted molar refractivity (Wildman–Crippen MR) is 50.7 cm³/mol. The summed E-state index contributed by atoms with van der Waals surface area (Å²) < 4.78 is 9.56. The molecule has 0 fully saturated rings. The zero-order valence-electron chi connectivity index (χ0n) is 8.01. The first-order valence-corrected chi connectivity index (χ1v) is 4.38. The maximum Gasteiger partial charge on any atom is 0.330 e. The van der Waals surface area contributed by atoms with Gasteiger partial charge in [-0.25, -0.2) is 4.79 Å². The predicted octanol–water partition coefficient (Wildman–Crippen LogP) is -0.222. The second kappa shape index (κ2) is 5.16. The number of carbonyl (C=O) groups is 2. The van der Waals surface area contributed by atoms with Crippen molar-refractivity contribution in [3.63, 3.8) is 0 Å². The van der Waals surface area contributed by atoms with Crippen LogP contribution < -0.4 is 16.2 Å². The van der Waals surface area contributed by atoms with Crippen molar-refractivity contribution in [2.24, 2.45) is 11.5 Å². The maximum atomic E-state index is 11.3. The van der Waals surface area contributed by atoms with E-state index in [1.54, 1.807) is 6.07 Å². The van der Waals surface area contributed by atoms with Gasteiger partial charge in [0.25, 0.3) is 5.95 Å². The van der Waals surface area contributed by atoms with Crippen molar-refractivity contribution >= 4 is 11.9 Å². The van der Waals surface area contributed by atoms with E-state index in [9.17, 15) is 9.59 Å². The molecule has 0 aliphatic rings. The lowest BCUT2D eigenvalue weighted by Gasteiger charge is -2.07. The van der Waals surface area contributed by atoms with E-state index in [1.807, 2.05) is 0 Å². The van der Waals surface area contributed by atoms with Crippen molar-refractivity contribution in [2.75, 3.05) is 0 Å².